The summed E-state index contributed by atoms with van der Waals surface area (Å²) in [7, 11) is 0. The second-order valence-electron chi connectivity index (χ2n) is 5.56. The van der Waals surface area contributed by atoms with Gasteiger partial charge in [-0.1, -0.05) is 29.8 Å². The number of benzene rings is 1. The Balaban J connectivity index is 1.83. The summed E-state index contributed by atoms with van der Waals surface area (Å²) in [6, 6.07) is 10.9. The summed E-state index contributed by atoms with van der Waals surface area (Å²) in [6.07, 6.45) is 1.49. The Bertz CT molecular complexity index is 877. The van der Waals surface area contributed by atoms with Crippen LogP contribution in [0.3, 0.4) is 0 Å². The minimum atomic E-state index is -1.07. The molecule has 5 nitrogen and oxygen atoms in total. The molecule has 0 saturated carbocycles. The molecule has 3 aromatic rings. The van der Waals surface area contributed by atoms with Gasteiger partial charge in [-0.25, -0.2) is 0 Å². The highest BCUT2D eigenvalue weighted by Crippen LogP contribution is 2.25. The van der Waals surface area contributed by atoms with Gasteiger partial charge in [0.05, 0.1) is 17.6 Å². The number of thiophene rings is 1. The first-order valence-electron chi connectivity index (χ1n) is 7.31. The van der Waals surface area contributed by atoms with Crippen LogP contribution in [0.4, 0.5) is 5.69 Å². The molecular weight excluding hydrogens is 346 g/mol. The van der Waals surface area contributed by atoms with Crippen molar-refractivity contribution in [3.8, 4) is 5.69 Å². The summed E-state index contributed by atoms with van der Waals surface area (Å²) in [5, 5.41) is 21.5. The lowest BCUT2D eigenvalue weighted by Crippen LogP contribution is -2.31. The van der Waals surface area contributed by atoms with Gasteiger partial charge >= 0.3 is 0 Å². The molecule has 1 unspecified atom stereocenters. The van der Waals surface area contributed by atoms with Crippen LogP contribution in [0.1, 0.15) is 12.5 Å². The Labute approximate surface area is 148 Å². The Morgan fingerprint density at radius 3 is 2.75 bits per heavy atom. The molecule has 2 N–H and O–H groups in total. The van der Waals surface area contributed by atoms with E-state index in [-0.39, 0.29) is 11.6 Å². The molecule has 0 aliphatic carbocycles. The van der Waals surface area contributed by atoms with E-state index in [2.05, 4.69) is 10.4 Å². The average molecular weight is 362 g/mol. The Kier molecular flexibility index (Phi) is 4.71. The first-order chi connectivity index (χ1) is 11.5. The molecule has 0 spiro atoms. The zero-order valence-electron chi connectivity index (χ0n) is 12.9. The van der Waals surface area contributed by atoms with E-state index in [9.17, 15) is 9.90 Å². The molecule has 1 atom stereocenters. The van der Waals surface area contributed by atoms with Crippen molar-refractivity contribution in [3.05, 3.63) is 74.3 Å². The number of para-hydroxylation sites is 1. The maximum absolute atomic E-state index is 12.4. The summed E-state index contributed by atoms with van der Waals surface area (Å²) in [5.41, 5.74) is 0.354. The van der Waals surface area contributed by atoms with E-state index in [0.29, 0.717) is 11.4 Å². The predicted molar refractivity (Wildman–Crippen MR) is 97.2 cm³/mol. The predicted octanol–water partition coefficient (Wildman–Crippen LogP) is 3.27. The lowest BCUT2D eigenvalue weighted by Gasteiger charge is -2.23. The van der Waals surface area contributed by atoms with Crippen molar-refractivity contribution in [1.82, 2.24) is 9.78 Å². The maximum Gasteiger partial charge on any atom is 0.292 e. The topological polar surface area (TPSA) is 67.2 Å². The number of nitrogens with zero attached hydrogens (tertiary/aromatic N) is 2. The molecule has 0 fully saturated rings. The van der Waals surface area contributed by atoms with Crippen molar-refractivity contribution in [2.75, 3.05) is 11.9 Å². The average Bonchev–Trinajstić information content (AvgIpc) is 3.12. The number of nitrogens with one attached hydrogen (secondary N) is 1. The Morgan fingerprint density at radius 1 is 1.33 bits per heavy atom. The molecule has 0 radical (unpaired) electrons. The second-order valence-corrected chi connectivity index (χ2v) is 6.72. The molecule has 0 saturated heterocycles. The van der Waals surface area contributed by atoms with Gasteiger partial charge in [0.15, 0.2) is 0 Å². The van der Waals surface area contributed by atoms with Gasteiger partial charge in [-0.2, -0.15) is 21.1 Å². The van der Waals surface area contributed by atoms with Crippen molar-refractivity contribution in [2.45, 2.75) is 12.5 Å². The number of hydrogen-bond acceptors (Lipinski definition) is 5. The third-order valence-corrected chi connectivity index (χ3v) is 4.73. The summed E-state index contributed by atoms with van der Waals surface area (Å²) in [4.78, 5) is 12.4. The summed E-state index contributed by atoms with van der Waals surface area (Å²) in [5.74, 6) is 0. The van der Waals surface area contributed by atoms with Gasteiger partial charge in [-0.15, -0.1) is 0 Å². The molecule has 2 heterocycles. The first kappa shape index (κ1) is 16.7. The summed E-state index contributed by atoms with van der Waals surface area (Å²) >= 11 is 7.70. The van der Waals surface area contributed by atoms with Crippen LogP contribution in [0, 0.1) is 0 Å². The number of halogens is 1. The Hall–Kier alpha value is -2.15. The number of aromatic nitrogens is 2. The van der Waals surface area contributed by atoms with E-state index < -0.39 is 11.2 Å². The van der Waals surface area contributed by atoms with E-state index >= 15 is 0 Å². The Morgan fingerprint density at radius 2 is 2.08 bits per heavy atom. The minimum Gasteiger partial charge on any atom is -0.384 e. The van der Waals surface area contributed by atoms with Crippen LogP contribution in [-0.2, 0) is 5.60 Å². The summed E-state index contributed by atoms with van der Waals surface area (Å²) < 4.78 is 1.24. The van der Waals surface area contributed by atoms with Crippen LogP contribution in [0.2, 0.25) is 5.02 Å². The van der Waals surface area contributed by atoms with Crippen molar-refractivity contribution in [2.24, 2.45) is 0 Å². The monoisotopic (exact) mass is 361 g/mol. The molecule has 0 aliphatic rings. The normalized spacial score (nSPS) is 13.5. The molecule has 124 valence electrons. The van der Waals surface area contributed by atoms with Gasteiger partial charge < -0.3 is 10.4 Å². The minimum absolute atomic E-state index is 0.0370. The SMILES string of the molecule is CC(O)(CNc1cnn(-c2ccccc2)c(=O)c1Cl)c1ccsc1. The second kappa shape index (κ2) is 6.76. The van der Waals surface area contributed by atoms with E-state index in [0.717, 1.165) is 5.56 Å². The number of anilines is 1. The van der Waals surface area contributed by atoms with Crippen LogP contribution in [-0.4, -0.2) is 21.4 Å². The van der Waals surface area contributed by atoms with Crippen molar-refractivity contribution in [1.29, 1.82) is 0 Å². The maximum atomic E-state index is 12.4. The standard InChI is InChI=1S/C17H16ClN3O2S/c1-17(23,12-7-8-24-10-12)11-19-14-9-20-21(16(22)15(14)18)13-5-3-2-4-6-13/h2-10,19,23H,11H2,1H3. The van der Waals surface area contributed by atoms with Crippen LogP contribution >= 0.6 is 22.9 Å². The zero-order chi connectivity index (χ0) is 17.2. The van der Waals surface area contributed by atoms with Gasteiger partial charge in [0, 0.05) is 6.54 Å². The molecule has 1 aromatic carbocycles. The molecule has 0 aliphatic heterocycles. The number of aliphatic hydroxyl groups is 1. The fraction of sp³-hybridized carbons (Fsp3) is 0.176. The van der Waals surface area contributed by atoms with E-state index in [1.165, 1.54) is 22.2 Å². The van der Waals surface area contributed by atoms with Crippen LogP contribution < -0.4 is 10.9 Å². The van der Waals surface area contributed by atoms with Gasteiger partial charge in [-0.3, -0.25) is 4.79 Å². The van der Waals surface area contributed by atoms with Crippen molar-refractivity contribution in [3.63, 3.8) is 0 Å². The molecule has 0 bridgehead atoms. The van der Waals surface area contributed by atoms with Gasteiger partial charge in [0.2, 0.25) is 0 Å². The van der Waals surface area contributed by atoms with E-state index in [1.54, 1.807) is 19.1 Å². The fourth-order valence-corrected chi connectivity index (χ4v) is 3.23. The lowest BCUT2D eigenvalue weighted by molar-refractivity contribution is 0.0720. The third-order valence-electron chi connectivity index (χ3n) is 3.69. The molecule has 24 heavy (non-hydrogen) atoms. The van der Waals surface area contributed by atoms with E-state index in [4.69, 9.17) is 11.6 Å². The highest BCUT2D eigenvalue weighted by Gasteiger charge is 2.24. The van der Waals surface area contributed by atoms with Crippen LogP contribution in [0.25, 0.3) is 5.69 Å². The van der Waals surface area contributed by atoms with E-state index in [1.807, 2.05) is 35.0 Å². The van der Waals surface area contributed by atoms with Crippen LogP contribution in [0.5, 0.6) is 0 Å². The fourth-order valence-electron chi connectivity index (χ4n) is 2.25. The van der Waals surface area contributed by atoms with Crippen molar-refractivity contribution >= 4 is 28.6 Å². The quantitative estimate of drug-likeness (QED) is 0.732. The molecule has 7 heteroatoms. The van der Waals surface area contributed by atoms with Gasteiger partial charge in [-0.05, 0) is 41.4 Å². The zero-order valence-corrected chi connectivity index (χ0v) is 14.5. The first-order valence-corrected chi connectivity index (χ1v) is 8.63. The van der Waals surface area contributed by atoms with Crippen LogP contribution in [0.15, 0.2) is 58.1 Å². The molecule has 3 rings (SSSR count). The highest BCUT2D eigenvalue weighted by molar-refractivity contribution is 7.08. The largest absolute Gasteiger partial charge is 0.384 e. The smallest absolute Gasteiger partial charge is 0.292 e. The molecular formula is C17H16ClN3O2S. The highest BCUT2D eigenvalue weighted by atomic mass is 35.5. The van der Waals surface area contributed by atoms with Gasteiger partial charge in [0.25, 0.3) is 5.56 Å². The number of hydrogen-bond donors (Lipinski definition) is 2. The van der Waals surface area contributed by atoms with Crippen molar-refractivity contribution < 1.29 is 5.11 Å². The van der Waals surface area contributed by atoms with Gasteiger partial charge in [0.1, 0.15) is 10.6 Å². The number of rotatable bonds is 5. The molecule has 0 amide bonds. The third kappa shape index (κ3) is 3.36. The summed E-state index contributed by atoms with van der Waals surface area (Å²) in [6.45, 7) is 1.91. The molecule has 2 aromatic heterocycles. The lowest BCUT2D eigenvalue weighted by atomic mass is 9.99.